The highest BCUT2D eigenvalue weighted by Crippen LogP contribution is 2.40. The molecule has 0 fully saturated rings. The molecule has 13 rings (SSSR count). The number of nitrogens with one attached hydrogen (secondary N) is 3. The van der Waals surface area contributed by atoms with Crippen molar-refractivity contribution in [2.24, 2.45) is 0 Å². The minimum Gasteiger partial charge on any atom is -0.354 e. The van der Waals surface area contributed by atoms with Crippen LogP contribution in [-0.4, -0.2) is 25.8 Å². The Balaban J connectivity index is 0.897. The molecule has 0 aliphatic carbocycles. The second kappa shape index (κ2) is 17.2. The van der Waals surface area contributed by atoms with Gasteiger partial charge in [-0.3, -0.25) is 4.79 Å². The molecule has 0 atom stereocenters. The number of anilines is 1. The number of fused-ring (bicyclic) bond motifs is 8. The summed E-state index contributed by atoms with van der Waals surface area (Å²) >= 11 is 0. The minimum absolute atomic E-state index is 0.00243. The van der Waals surface area contributed by atoms with Crippen LogP contribution in [0.2, 0.25) is 0 Å². The van der Waals surface area contributed by atoms with E-state index in [1.807, 2.05) is 30.3 Å². The molecule has 8 aromatic carbocycles. The van der Waals surface area contributed by atoms with Crippen LogP contribution < -0.4 is 5.32 Å². The zero-order valence-corrected chi connectivity index (χ0v) is 38.2. The van der Waals surface area contributed by atoms with Gasteiger partial charge in [-0.2, -0.15) is 0 Å². The molecular weight excluding hydrogens is 855 g/mol. The van der Waals surface area contributed by atoms with Gasteiger partial charge in [-0.15, -0.1) is 0 Å². The van der Waals surface area contributed by atoms with Crippen molar-refractivity contribution < 1.29 is 4.79 Å². The third-order valence-corrected chi connectivity index (χ3v) is 13.9. The van der Waals surface area contributed by atoms with Crippen molar-refractivity contribution in [2.45, 2.75) is 19.3 Å². The lowest BCUT2D eigenvalue weighted by atomic mass is 9.90. The number of aromatic nitrogens is 4. The number of carbonyl (C=O) groups is 1. The van der Waals surface area contributed by atoms with Gasteiger partial charge in [-0.1, -0.05) is 158 Å². The third-order valence-electron chi connectivity index (χ3n) is 13.9. The first-order chi connectivity index (χ1) is 34.6. The number of rotatable bonds is 9. The van der Waals surface area contributed by atoms with Crippen LogP contribution >= 0.6 is 0 Å². The number of benzene rings is 8. The fourth-order valence-corrected chi connectivity index (χ4v) is 10.6. The van der Waals surface area contributed by atoms with E-state index in [1.54, 1.807) is 0 Å². The Hall–Kier alpha value is -9.13. The summed E-state index contributed by atoms with van der Waals surface area (Å²) in [6.07, 6.45) is 10.5. The predicted octanol–water partition coefficient (Wildman–Crippen LogP) is 16.2. The van der Waals surface area contributed by atoms with Crippen molar-refractivity contribution >= 4 is 90.3 Å². The van der Waals surface area contributed by atoms with Gasteiger partial charge in [0.25, 0.3) is 0 Å². The SMILES string of the molecule is O=C(CCCc1ccc2ccc3cccc4ccc1c2c34)Nc1ccc(-c2c3nc(c(-c4ccccc4)c4ccc([nH]4)c(-c4ccccc4)c4nc(c(-c5ccccc5)c5ccc2[nH]5)C=C4)C=C3)cc1. The van der Waals surface area contributed by atoms with Crippen molar-refractivity contribution in [1.29, 1.82) is 0 Å². The fourth-order valence-electron chi connectivity index (χ4n) is 10.6. The van der Waals surface area contributed by atoms with E-state index < -0.39 is 0 Å². The summed E-state index contributed by atoms with van der Waals surface area (Å²) in [7, 11) is 0. The number of hydrogen-bond acceptors (Lipinski definition) is 3. The van der Waals surface area contributed by atoms with Crippen molar-refractivity contribution in [2.75, 3.05) is 5.32 Å². The van der Waals surface area contributed by atoms with Crippen molar-refractivity contribution in [3.8, 4) is 44.5 Å². The first-order valence-electron chi connectivity index (χ1n) is 24.0. The Labute approximate surface area is 404 Å². The van der Waals surface area contributed by atoms with Gasteiger partial charge in [-0.05, 0) is 134 Å². The van der Waals surface area contributed by atoms with Crippen LogP contribution in [0.5, 0.6) is 0 Å². The normalized spacial score (nSPS) is 12.1. The molecule has 2 aliphatic rings. The molecule has 0 spiro atoms. The van der Waals surface area contributed by atoms with Crippen molar-refractivity contribution in [3.63, 3.8) is 0 Å². The van der Waals surface area contributed by atoms with Gasteiger partial charge >= 0.3 is 0 Å². The Kier molecular flexibility index (Phi) is 10.1. The summed E-state index contributed by atoms with van der Waals surface area (Å²) in [5.41, 5.74) is 17.3. The molecule has 0 saturated heterocycles. The number of H-pyrrole nitrogens is 2. The van der Waals surface area contributed by atoms with Crippen molar-refractivity contribution in [3.05, 3.63) is 222 Å². The average molecular weight is 900 g/mol. The van der Waals surface area contributed by atoms with Crippen LogP contribution in [0.1, 0.15) is 41.2 Å². The van der Waals surface area contributed by atoms with E-state index in [9.17, 15) is 4.79 Å². The van der Waals surface area contributed by atoms with Crippen LogP contribution in [0.4, 0.5) is 5.69 Å². The molecule has 8 bridgehead atoms. The molecule has 70 heavy (non-hydrogen) atoms. The average Bonchev–Trinajstić information content (AvgIpc) is 4.26. The molecule has 6 heteroatoms. The summed E-state index contributed by atoms with van der Waals surface area (Å²) < 4.78 is 0. The standard InChI is InChI=1S/C64H45N5O/c70-58(21-11-18-40-22-23-46-25-24-44-19-10-20-45-28-31-49(40)60(46)59(44)45)65-48-29-26-47(27-30-48)64-56-38-36-54(68-56)62(42-14-6-2-7-15-42)52-34-32-50(66-52)61(41-12-4-1-5-13-41)51-33-35-53(67-51)63(43-16-8-3-9-17-43)55-37-39-57(64)69-55/h1-10,12-17,19-20,22-39,66,69H,11,18,21H2,(H,65,70). The quantitative estimate of drug-likeness (QED) is 0.126. The number of nitrogens with zero attached hydrogens (tertiary/aromatic N) is 2. The summed E-state index contributed by atoms with van der Waals surface area (Å²) in [6, 6.07) is 68.0. The van der Waals surface area contributed by atoms with E-state index in [1.165, 1.54) is 37.9 Å². The highest BCUT2D eigenvalue weighted by atomic mass is 16.1. The maximum Gasteiger partial charge on any atom is 0.224 e. The van der Waals surface area contributed by atoms with Crippen LogP contribution in [0.15, 0.2) is 194 Å². The molecule has 3 N–H and O–H groups in total. The zero-order valence-electron chi connectivity index (χ0n) is 38.2. The molecule has 11 aromatic rings. The number of aromatic amines is 2. The first kappa shape index (κ1) is 41.1. The summed E-state index contributed by atoms with van der Waals surface area (Å²) in [5.74, 6) is -0.00243. The van der Waals surface area contributed by atoms with Gasteiger partial charge in [0, 0.05) is 56.4 Å². The number of aryl methyl sites for hydroxylation is 1. The maximum absolute atomic E-state index is 13.5. The lowest BCUT2D eigenvalue weighted by Gasteiger charge is -2.14. The molecule has 2 aliphatic heterocycles. The predicted molar refractivity (Wildman–Crippen MR) is 292 cm³/mol. The first-order valence-corrected chi connectivity index (χ1v) is 24.0. The number of amides is 1. The Bertz CT molecular complexity index is 4000. The van der Waals surface area contributed by atoms with Crippen molar-refractivity contribution in [1.82, 2.24) is 19.9 Å². The van der Waals surface area contributed by atoms with Crippen LogP contribution in [-0.2, 0) is 11.2 Å². The maximum atomic E-state index is 13.5. The summed E-state index contributed by atoms with van der Waals surface area (Å²) in [4.78, 5) is 32.1. The van der Waals surface area contributed by atoms with E-state index in [2.05, 4.69) is 203 Å². The number of carbonyl (C=O) groups excluding carboxylic acids is 1. The zero-order chi connectivity index (χ0) is 46.5. The van der Waals surface area contributed by atoms with Gasteiger partial charge in [0.15, 0.2) is 0 Å². The summed E-state index contributed by atoms with van der Waals surface area (Å²) in [5, 5.41) is 10.9. The van der Waals surface area contributed by atoms with E-state index in [-0.39, 0.29) is 5.91 Å². The molecule has 0 radical (unpaired) electrons. The minimum atomic E-state index is -0.00243. The van der Waals surface area contributed by atoms with E-state index >= 15 is 0 Å². The number of hydrogen-bond donors (Lipinski definition) is 3. The Morgan fingerprint density at radius 2 is 0.814 bits per heavy atom. The van der Waals surface area contributed by atoms with Crippen LogP contribution in [0.3, 0.4) is 0 Å². The fraction of sp³-hybridized carbons (Fsp3) is 0.0469. The lowest BCUT2D eigenvalue weighted by Crippen LogP contribution is -2.11. The van der Waals surface area contributed by atoms with Gasteiger partial charge in [0.2, 0.25) is 5.91 Å². The molecule has 1 amide bonds. The largest absolute Gasteiger partial charge is 0.354 e. The Morgan fingerprint density at radius 1 is 0.400 bits per heavy atom. The van der Waals surface area contributed by atoms with Gasteiger partial charge in [-0.25, -0.2) is 9.97 Å². The molecule has 332 valence electrons. The molecule has 0 saturated carbocycles. The molecule has 3 aromatic heterocycles. The highest BCUT2D eigenvalue weighted by molar-refractivity contribution is 6.23. The highest BCUT2D eigenvalue weighted by Gasteiger charge is 2.19. The topological polar surface area (TPSA) is 86.5 Å². The smallest absolute Gasteiger partial charge is 0.224 e. The Morgan fingerprint density at radius 3 is 1.29 bits per heavy atom. The monoisotopic (exact) mass is 899 g/mol. The van der Waals surface area contributed by atoms with E-state index in [0.717, 1.165) is 108 Å². The second-order valence-electron chi connectivity index (χ2n) is 18.2. The molecular formula is C64H45N5O. The lowest BCUT2D eigenvalue weighted by molar-refractivity contribution is -0.116. The van der Waals surface area contributed by atoms with Gasteiger partial charge < -0.3 is 15.3 Å². The third kappa shape index (κ3) is 7.34. The van der Waals surface area contributed by atoms with Gasteiger partial charge in [0.05, 0.1) is 22.8 Å². The van der Waals surface area contributed by atoms with Crippen LogP contribution in [0, 0.1) is 0 Å². The van der Waals surface area contributed by atoms with Gasteiger partial charge in [0.1, 0.15) is 0 Å². The van der Waals surface area contributed by atoms with Crippen LogP contribution in [0.25, 0.3) is 123 Å². The summed E-state index contributed by atoms with van der Waals surface area (Å²) in [6.45, 7) is 0. The second-order valence-corrected chi connectivity index (χ2v) is 18.2. The van der Waals surface area contributed by atoms with E-state index in [0.29, 0.717) is 6.42 Å². The van der Waals surface area contributed by atoms with E-state index in [4.69, 9.17) is 9.97 Å². The molecule has 5 heterocycles. The molecule has 0 unspecified atom stereocenters. The molecule has 6 nitrogen and oxygen atoms in total.